The first-order chi connectivity index (χ1) is 9.54. The zero-order valence-electron chi connectivity index (χ0n) is 11.6. The van der Waals surface area contributed by atoms with E-state index in [1.165, 1.54) is 0 Å². The van der Waals surface area contributed by atoms with E-state index in [1.807, 2.05) is 18.2 Å². The molecule has 108 valence electrons. The predicted octanol–water partition coefficient (Wildman–Crippen LogP) is 4.69. The molecule has 1 N–H and O–H groups in total. The Balaban J connectivity index is 1.98. The number of aryl methyl sites for hydroxylation is 1. The predicted molar refractivity (Wildman–Crippen MR) is 86.1 cm³/mol. The molecule has 2 rings (SSSR count). The van der Waals surface area contributed by atoms with Gasteiger partial charge in [-0.1, -0.05) is 41.4 Å². The largest absolute Gasteiger partial charge is 0.441 e. The Bertz CT molecular complexity index is 549. The van der Waals surface area contributed by atoms with E-state index in [0.29, 0.717) is 11.1 Å². The summed E-state index contributed by atoms with van der Waals surface area (Å²) in [7, 11) is 0. The lowest BCUT2D eigenvalue weighted by molar-refractivity contribution is 0.484. The summed E-state index contributed by atoms with van der Waals surface area (Å²) in [5.74, 6) is 1.52. The van der Waals surface area contributed by atoms with Gasteiger partial charge >= 0.3 is 0 Å². The Morgan fingerprint density at radius 3 is 2.85 bits per heavy atom. The van der Waals surface area contributed by atoms with Crippen LogP contribution in [0.1, 0.15) is 26.2 Å². The molecule has 0 saturated carbocycles. The Labute approximate surface area is 132 Å². The molecular weight excluding hydrogens is 340 g/mol. The van der Waals surface area contributed by atoms with E-state index in [2.05, 4.69) is 40.1 Å². The summed E-state index contributed by atoms with van der Waals surface area (Å²) >= 11 is 9.47. The van der Waals surface area contributed by atoms with Crippen LogP contribution in [0.4, 0.5) is 0 Å². The molecule has 0 fully saturated rings. The van der Waals surface area contributed by atoms with E-state index in [0.717, 1.165) is 41.1 Å². The summed E-state index contributed by atoms with van der Waals surface area (Å²) in [6.07, 6.45) is 3.60. The zero-order valence-corrected chi connectivity index (χ0v) is 14.0. The number of benzene rings is 1. The first-order valence-corrected chi connectivity index (χ1v) is 7.86. The van der Waals surface area contributed by atoms with Crippen LogP contribution in [0, 0.1) is 0 Å². The van der Waals surface area contributed by atoms with Gasteiger partial charge in [0.1, 0.15) is 0 Å². The molecule has 0 spiro atoms. The second-order valence-electron chi connectivity index (χ2n) is 4.99. The standard InChI is InChI=1S/C15H18BrClN2O/c1-10(2)18-5-3-4-15-19-9-14(20-15)11-6-12(16)8-13(17)7-11/h6-10,18H,3-5H2,1-2H3. The number of oxazole rings is 1. The van der Waals surface area contributed by atoms with E-state index in [1.54, 1.807) is 6.20 Å². The fraction of sp³-hybridized carbons (Fsp3) is 0.400. The summed E-state index contributed by atoms with van der Waals surface area (Å²) in [6, 6.07) is 6.20. The van der Waals surface area contributed by atoms with Gasteiger partial charge in [0.2, 0.25) is 0 Å². The van der Waals surface area contributed by atoms with E-state index in [-0.39, 0.29) is 0 Å². The fourth-order valence-electron chi connectivity index (χ4n) is 1.89. The number of rotatable bonds is 6. The second-order valence-corrected chi connectivity index (χ2v) is 6.34. The molecule has 0 saturated heterocycles. The molecule has 0 aliphatic carbocycles. The van der Waals surface area contributed by atoms with Gasteiger partial charge in [0, 0.05) is 27.5 Å². The average molecular weight is 358 g/mol. The van der Waals surface area contributed by atoms with Gasteiger partial charge in [-0.3, -0.25) is 0 Å². The number of nitrogens with zero attached hydrogens (tertiary/aromatic N) is 1. The van der Waals surface area contributed by atoms with Crippen LogP contribution in [-0.2, 0) is 6.42 Å². The molecule has 0 atom stereocenters. The highest BCUT2D eigenvalue weighted by atomic mass is 79.9. The van der Waals surface area contributed by atoms with Crippen LogP contribution < -0.4 is 5.32 Å². The van der Waals surface area contributed by atoms with Crippen LogP contribution in [0.25, 0.3) is 11.3 Å². The zero-order chi connectivity index (χ0) is 14.5. The van der Waals surface area contributed by atoms with Crippen molar-refractivity contribution in [2.75, 3.05) is 6.54 Å². The summed E-state index contributed by atoms with van der Waals surface area (Å²) in [4.78, 5) is 4.32. The maximum atomic E-state index is 6.04. The van der Waals surface area contributed by atoms with Crippen LogP contribution in [0.15, 0.2) is 33.3 Å². The Hall–Kier alpha value is -0.840. The summed E-state index contributed by atoms with van der Waals surface area (Å²) in [5.41, 5.74) is 0.934. The Morgan fingerprint density at radius 2 is 2.15 bits per heavy atom. The lowest BCUT2D eigenvalue weighted by Gasteiger charge is -2.05. The first-order valence-electron chi connectivity index (χ1n) is 6.69. The topological polar surface area (TPSA) is 38.1 Å². The van der Waals surface area contributed by atoms with Crippen molar-refractivity contribution < 1.29 is 4.42 Å². The minimum atomic E-state index is 0.513. The molecule has 0 amide bonds. The van der Waals surface area contributed by atoms with Crippen molar-refractivity contribution in [3.8, 4) is 11.3 Å². The smallest absolute Gasteiger partial charge is 0.194 e. The summed E-state index contributed by atoms with van der Waals surface area (Å²) in [6.45, 7) is 5.25. The van der Waals surface area contributed by atoms with Gasteiger partial charge in [0.15, 0.2) is 11.7 Å². The number of halogens is 2. The van der Waals surface area contributed by atoms with Gasteiger partial charge in [0.05, 0.1) is 6.20 Å². The molecule has 0 aliphatic heterocycles. The molecule has 2 aromatic rings. The Kier molecular flexibility index (Phi) is 5.64. The highest BCUT2D eigenvalue weighted by Gasteiger charge is 2.08. The molecular formula is C15H18BrClN2O. The van der Waals surface area contributed by atoms with E-state index in [9.17, 15) is 0 Å². The number of hydrogen-bond donors (Lipinski definition) is 1. The highest BCUT2D eigenvalue weighted by Crippen LogP contribution is 2.28. The highest BCUT2D eigenvalue weighted by molar-refractivity contribution is 9.10. The van der Waals surface area contributed by atoms with Crippen molar-refractivity contribution in [1.82, 2.24) is 10.3 Å². The van der Waals surface area contributed by atoms with Gasteiger partial charge in [-0.25, -0.2) is 4.98 Å². The van der Waals surface area contributed by atoms with Gasteiger partial charge < -0.3 is 9.73 Å². The molecule has 3 nitrogen and oxygen atoms in total. The average Bonchev–Trinajstić information content (AvgIpc) is 2.82. The third-order valence-corrected chi connectivity index (χ3v) is 3.50. The summed E-state index contributed by atoms with van der Waals surface area (Å²) < 4.78 is 6.70. The number of aromatic nitrogens is 1. The van der Waals surface area contributed by atoms with E-state index in [4.69, 9.17) is 16.0 Å². The summed E-state index contributed by atoms with van der Waals surface area (Å²) in [5, 5.41) is 4.05. The number of hydrogen-bond acceptors (Lipinski definition) is 3. The number of nitrogens with one attached hydrogen (secondary N) is 1. The van der Waals surface area contributed by atoms with E-state index >= 15 is 0 Å². The third kappa shape index (κ3) is 4.62. The molecule has 20 heavy (non-hydrogen) atoms. The van der Waals surface area contributed by atoms with Crippen LogP contribution in [0.3, 0.4) is 0 Å². The molecule has 0 unspecified atom stereocenters. The molecule has 1 aromatic heterocycles. The lowest BCUT2D eigenvalue weighted by atomic mass is 10.2. The fourth-order valence-corrected chi connectivity index (χ4v) is 2.75. The monoisotopic (exact) mass is 356 g/mol. The normalized spacial score (nSPS) is 11.2. The van der Waals surface area contributed by atoms with Crippen molar-refractivity contribution in [3.05, 3.63) is 39.8 Å². The van der Waals surface area contributed by atoms with Crippen LogP contribution in [0.5, 0.6) is 0 Å². The molecule has 1 aromatic carbocycles. The van der Waals surface area contributed by atoms with E-state index < -0.39 is 0 Å². The first kappa shape index (κ1) is 15.5. The minimum absolute atomic E-state index is 0.513. The molecule has 0 bridgehead atoms. The third-order valence-electron chi connectivity index (χ3n) is 2.82. The van der Waals surface area contributed by atoms with Crippen LogP contribution in [-0.4, -0.2) is 17.6 Å². The van der Waals surface area contributed by atoms with Crippen molar-refractivity contribution in [2.24, 2.45) is 0 Å². The molecule has 5 heteroatoms. The van der Waals surface area contributed by atoms with Gasteiger partial charge in [0.25, 0.3) is 0 Å². The Morgan fingerprint density at radius 1 is 1.35 bits per heavy atom. The quantitative estimate of drug-likeness (QED) is 0.762. The van der Waals surface area contributed by atoms with Crippen LogP contribution in [0.2, 0.25) is 5.02 Å². The molecule has 1 heterocycles. The van der Waals surface area contributed by atoms with Crippen molar-refractivity contribution in [1.29, 1.82) is 0 Å². The second kappa shape index (κ2) is 7.25. The maximum Gasteiger partial charge on any atom is 0.194 e. The molecule has 0 radical (unpaired) electrons. The van der Waals surface area contributed by atoms with Gasteiger partial charge in [-0.15, -0.1) is 0 Å². The SMILES string of the molecule is CC(C)NCCCc1ncc(-c2cc(Cl)cc(Br)c2)o1. The lowest BCUT2D eigenvalue weighted by Crippen LogP contribution is -2.23. The maximum absolute atomic E-state index is 6.04. The van der Waals surface area contributed by atoms with Crippen molar-refractivity contribution >= 4 is 27.5 Å². The minimum Gasteiger partial charge on any atom is -0.441 e. The van der Waals surface area contributed by atoms with Gasteiger partial charge in [-0.2, -0.15) is 0 Å². The van der Waals surface area contributed by atoms with Gasteiger partial charge in [-0.05, 0) is 31.2 Å². The van der Waals surface area contributed by atoms with Crippen molar-refractivity contribution in [3.63, 3.8) is 0 Å². The molecule has 0 aliphatic rings. The van der Waals surface area contributed by atoms with Crippen LogP contribution >= 0.6 is 27.5 Å². The van der Waals surface area contributed by atoms with Crippen molar-refractivity contribution in [2.45, 2.75) is 32.7 Å².